The van der Waals surface area contributed by atoms with E-state index < -0.39 is 5.97 Å². The van der Waals surface area contributed by atoms with Gasteiger partial charge in [-0.1, -0.05) is 18.2 Å². The number of rotatable bonds is 9. The Morgan fingerprint density at radius 3 is 2.55 bits per heavy atom. The summed E-state index contributed by atoms with van der Waals surface area (Å²) in [5.41, 5.74) is 0.744. The van der Waals surface area contributed by atoms with Gasteiger partial charge in [0.2, 0.25) is 5.91 Å². The number of carboxylic acid groups (broad SMARTS) is 1. The Balaban J connectivity index is 2.81. The molecule has 1 rings (SSSR count). The first-order chi connectivity index (χ1) is 10.4. The van der Waals surface area contributed by atoms with E-state index in [1.165, 1.54) is 12.0 Å². The zero-order valence-corrected chi connectivity index (χ0v) is 13.2. The summed E-state index contributed by atoms with van der Waals surface area (Å²) in [6.45, 7) is 4.02. The van der Waals surface area contributed by atoms with E-state index in [-0.39, 0.29) is 31.5 Å². The average Bonchev–Trinajstić information content (AvgIpc) is 2.44. The normalized spacial score (nSPS) is 10.5. The van der Waals surface area contributed by atoms with Crippen LogP contribution >= 0.6 is 0 Å². The summed E-state index contributed by atoms with van der Waals surface area (Å²) in [6, 6.07) is 7.28. The summed E-state index contributed by atoms with van der Waals surface area (Å²) in [4.78, 5) is 24.5. The average molecular weight is 309 g/mol. The number of nitrogens with zero attached hydrogens (tertiary/aromatic N) is 1. The highest BCUT2D eigenvalue weighted by molar-refractivity contribution is 5.83. The number of hydrogen-bond acceptors (Lipinski definition) is 4. The van der Waals surface area contributed by atoms with Crippen LogP contribution in [0.15, 0.2) is 24.3 Å². The van der Waals surface area contributed by atoms with Gasteiger partial charge in [-0.3, -0.25) is 9.59 Å². The summed E-state index contributed by atoms with van der Waals surface area (Å²) in [5.74, 6) is -0.664. The number of benzene rings is 1. The summed E-state index contributed by atoms with van der Waals surface area (Å²) in [6.07, 6.45) is 0.0970. The Hall–Kier alpha value is -2.08. The van der Waals surface area contributed by atoms with Crippen molar-refractivity contribution in [1.82, 2.24) is 4.90 Å². The zero-order valence-electron chi connectivity index (χ0n) is 13.2. The van der Waals surface area contributed by atoms with Crippen LogP contribution in [0.5, 0.6) is 5.75 Å². The second-order valence-electron chi connectivity index (χ2n) is 5.15. The number of amides is 1. The van der Waals surface area contributed by atoms with Gasteiger partial charge in [-0.25, -0.2) is 0 Å². The maximum absolute atomic E-state index is 12.3. The van der Waals surface area contributed by atoms with Crippen LogP contribution < -0.4 is 4.74 Å². The van der Waals surface area contributed by atoms with E-state index in [2.05, 4.69) is 0 Å². The zero-order chi connectivity index (χ0) is 16.5. The van der Waals surface area contributed by atoms with Crippen LogP contribution in [0.4, 0.5) is 0 Å². The van der Waals surface area contributed by atoms with Crippen molar-refractivity contribution in [3.8, 4) is 5.75 Å². The molecule has 1 amide bonds. The quantitative estimate of drug-likeness (QED) is 0.749. The fourth-order valence-corrected chi connectivity index (χ4v) is 1.95. The van der Waals surface area contributed by atoms with Crippen molar-refractivity contribution in [2.24, 2.45) is 0 Å². The molecule has 0 saturated heterocycles. The number of ether oxygens (including phenoxy) is 2. The standard InChI is InChI=1S/C16H23NO5/c1-12(2)22-14-7-5-4-6-13(14)10-15(18)17(8-9-21-3)11-16(19)20/h4-7,12H,8-11H2,1-3H3,(H,19,20). The van der Waals surface area contributed by atoms with Gasteiger partial charge in [0.05, 0.1) is 19.1 Å². The smallest absolute Gasteiger partial charge is 0.323 e. The number of carboxylic acids is 1. The first-order valence-electron chi connectivity index (χ1n) is 7.17. The highest BCUT2D eigenvalue weighted by Crippen LogP contribution is 2.20. The van der Waals surface area contributed by atoms with Gasteiger partial charge in [0.25, 0.3) is 0 Å². The van der Waals surface area contributed by atoms with Crippen molar-refractivity contribution in [2.45, 2.75) is 26.4 Å². The summed E-state index contributed by atoms with van der Waals surface area (Å²) >= 11 is 0. The van der Waals surface area contributed by atoms with E-state index in [9.17, 15) is 9.59 Å². The number of methoxy groups -OCH3 is 1. The van der Waals surface area contributed by atoms with Gasteiger partial charge < -0.3 is 19.5 Å². The molecule has 0 unspecified atom stereocenters. The Bertz CT molecular complexity index is 501. The van der Waals surface area contributed by atoms with Crippen LogP contribution in [0, 0.1) is 0 Å². The molecule has 0 aliphatic rings. The van der Waals surface area contributed by atoms with E-state index in [1.807, 2.05) is 32.0 Å². The topological polar surface area (TPSA) is 76.1 Å². The van der Waals surface area contributed by atoms with Gasteiger partial charge in [-0.2, -0.15) is 0 Å². The molecule has 1 aromatic carbocycles. The molecular formula is C16H23NO5. The monoisotopic (exact) mass is 309 g/mol. The molecule has 122 valence electrons. The molecule has 0 aromatic heterocycles. The molecule has 1 N–H and O–H groups in total. The molecule has 0 aliphatic heterocycles. The Morgan fingerprint density at radius 2 is 1.95 bits per heavy atom. The molecule has 0 fully saturated rings. The second-order valence-corrected chi connectivity index (χ2v) is 5.15. The lowest BCUT2D eigenvalue weighted by molar-refractivity contribution is -0.144. The number of carbonyl (C=O) groups is 2. The highest BCUT2D eigenvalue weighted by atomic mass is 16.5. The molecule has 0 heterocycles. The van der Waals surface area contributed by atoms with Crippen LogP contribution in [-0.4, -0.2) is 54.8 Å². The second kappa shape index (κ2) is 9.04. The van der Waals surface area contributed by atoms with Gasteiger partial charge in [-0.05, 0) is 19.9 Å². The molecule has 6 nitrogen and oxygen atoms in total. The first kappa shape index (κ1) is 18.0. The maximum atomic E-state index is 12.3. The summed E-state index contributed by atoms with van der Waals surface area (Å²) < 4.78 is 10.6. The largest absolute Gasteiger partial charge is 0.491 e. The van der Waals surface area contributed by atoms with E-state index in [4.69, 9.17) is 14.6 Å². The molecule has 0 radical (unpaired) electrons. The highest BCUT2D eigenvalue weighted by Gasteiger charge is 2.18. The predicted octanol–water partition coefficient (Wildman–Crippen LogP) is 1.58. The van der Waals surface area contributed by atoms with E-state index in [1.54, 1.807) is 6.07 Å². The third-order valence-electron chi connectivity index (χ3n) is 2.92. The van der Waals surface area contributed by atoms with Crippen LogP contribution in [0.25, 0.3) is 0 Å². The molecule has 22 heavy (non-hydrogen) atoms. The maximum Gasteiger partial charge on any atom is 0.323 e. The summed E-state index contributed by atoms with van der Waals surface area (Å²) in [7, 11) is 1.51. The number of carbonyl (C=O) groups excluding carboxylic acids is 1. The van der Waals surface area contributed by atoms with Crippen molar-refractivity contribution in [3.05, 3.63) is 29.8 Å². The lowest BCUT2D eigenvalue weighted by atomic mass is 10.1. The van der Waals surface area contributed by atoms with Crippen LogP contribution in [0.1, 0.15) is 19.4 Å². The third kappa shape index (κ3) is 6.13. The van der Waals surface area contributed by atoms with Crippen molar-refractivity contribution in [1.29, 1.82) is 0 Å². The molecule has 0 spiro atoms. The van der Waals surface area contributed by atoms with E-state index in [0.717, 1.165) is 5.56 Å². The number of para-hydroxylation sites is 1. The molecule has 0 saturated carbocycles. The Labute approximate surface area is 130 Å². The molecule has 6 heteroatoms. The van der Waals surface area contributed by atoms with Gasteiger partial charge in [0, 0.05) is 19.2 Å². The van der Waals surface area contributed by atoms with Crippen molar-refractivity contribution >= 4 is 11.9 Å². The van der Waals surface area contributed by atoms with Gasteiger partial charge in [-0.15, -0.1) is 0 Å². The molecule has 1 aromatic rings. The fraction of sp³-hybridized carbons (Fsp3) is 0.500. The van der Waals surface area contributed by atoms with Crippen LogP contribution in [0.3, 0.4) is 0 Å². The SMILES string of the molecule is COCCN(CC(=O)O)C(=O)Cc1ccccc1OC(C)C. The lowest BCUT2D eigenvalue weighted by Gasteiger charge is -2.21. The van der Waals surface area contributed by atoms with Crippen LogP contribution in [-0.2, 0) is 20.7 Å². The van der Waals surface area contributed by atoms with Gasteiger partial charge in [0.15, 0.2) is 0 Å². The summed E-state index contributed by atoms with van der Waals surface area (Å²) in [5, 5.41) is 8.91. The third-order valence-corrected chi connectivity index (χ3v) is 2.92. The molecular weight excluding hydrogens is 286 g/mol. The van der Waals surface area contributed by atoms with Crippen molar-refractivity contribution in [3.63, 3.8) is 0 Å². The molecule has 0 aliphatic carbocycles. The number of aliphatic carboxylic acids is 1. The predicted molar refractivity (Wildman–Crippen MR) is 82.0 cm³/mol. The van der Waals surface area contributed by atoms with Gasteiger partial charge in [0.1, 0.15) is 12.3 Å². The van der Waals surface area contributed by atoms with Crippen LogP contribution in [0.2, 0.25) is 0 Å². The van der Waals surface area contributed by atoms with Crippen molar-refractivity contribution < 1.29 is 24.2 Å². The fourth-order valence-electron chi connectivity index (χ4n) is 1.95. The van der Waals surface area contributed by atoms with Gasteiger partial charge >= 0.3 is 5.97 Å². The number of hydrogen-bond donors (Lipinski definition) is 1. The molecule has 0 atom stereocenters. The minimum absolute atomic E-state index is 0.000124. The van der Waals surface area contributed by atoms with Crippen molar-refractivity contribution in [2.75, 3.05) is 26.8 Å². The first-order valence-corrected chi connectivity index (χ1v) is 7.17. The van der Waals surface area contributed by atoms with E-state index >= 15 is 0 Å². The molecule has 0 bridgehead atoms. The van der Waals surface area contributed by atoms with E-state index in [0.29, 0.717) is 12.4 Å². The lowest BCUT2D eigenvalue weighted by Crippen LogP contribution is -2.39. The Kier molecular flexibility index (Phi) is 7.39. The minimum atomic E-state index is -1.05. The minimum Gasteiger partial charge on any atom is -0.491 e. The Morgan fingerprint density at radius 1 is 1.27 bits per heavy atom.